The zero-order chi connectivity index (χ0) is 18.3. The van der Waals surface area contributed by atoms with Crippen molar-refractivity contribution in [2.45, 2.75) is 43.0 Å². The average Bonchev–Trinajstić information content (AvgIpc) is 3.32. The summed E-state index contributed by atoms with van der Waals surface area (Å²) in [7, 11) is -3.71. The van der Waals surface area contributed by atoms with E-state index in [0.717, 1.165) is 36.2 Å². The zero-order valence-electron chi connectivity index (χ0n) is 14.3. The molecule has 26 heavy (non-hydrogen) atoms. The van der Waals surface area contributed by atoms with E-state index >= 15 is 0 Å². The Hall–Kier alpha value is -1.84. The van der Waals surface area contributed by atoms with Crippen LogP contribution in [0.2, 0.25) is 0 Å². The van der Waals surface area contributed by atoms with E-state index in [1.807, 2.05) is 19.1 Å². The van der Waals surface area contributed by atoms with Crippen molar-refractivity contribution in [2.24, 2.45) is 11.8 Å². The molecule has 2 N–H and O–H groups in total. The molecule has 2 saturated carbocycles. The van der Waals surface area contributed by atoms with Gasteiger partial charge in [-0.05, 0) is 50.2 Å². The van der Waals surface area contributed by atoms with Gasteiger partial charge in [-0.25, -0.2) is 13.1 Å². The maximum Gasteiger partial charge on any atom is 0.270 e. The molecule has 0 aliphatic heterocycles. The standard InChI is InChI=1S/C17H20N4O3S2/c1-10-2-5-12(6-3-10)15(22)18-16-19-20-17(25-16)26(23,24)21-14-9-11-4-7-13(14)8-11/h2-3,5-6,11,13-14,21H,4,7-9H2,1H3,(H,18,19,22)/t11-,13-,14-/m0/s1. The molecule has 1 aromatic heterocycles. The number of hydrogen-bond acceptors (Lipinski definition) is 6. The number of aromatic nitrogens is 2. The summed E-state index contributed by atoms with van der Waals surface area (Å²) in [5.74, 6) is 0.737. The van der Waals surface area contributed by atoms with Crippen LogP contribution in [-0.2, 0) is 10.0 Å². The van der Waals surface area contributed by atoms with Gasteiger partial charge in [0.05, 0.1) is 0 Å². The van der Waals surface area contributed by atoms with Gasteiger partial charge in [0, 0.05) is 11.6 Å². The number of hydrogen-bond donors (Lipinski definition) is 2. The lowest BCUT2D eigenvalue weighted by atomic mass is 9.96. The summed E-state index contributed by atoms with van der Waals surface area (Å²) >= 11 is 0.865. The van der Waals surface area contributed by atoms with E-state index in [0.29, 0.717) is 17.4 Å². The van der Waals surface area contributed by atoms with Gasteiger partial charge in [-0.3, -0.25) is 10.1 Å². The van der Waals surface area contributed by atoms with Crippen molar-refractivity contribution in [1.29, 1.82) is 0 Å². The lowest BCUT2D eigenvalue weighted by Crippen LogP contribution is -2.38. The second-order valence-corrected chi connectivity index (χ2v) is 9.96. The molecule has 0 unspecified atom stereocenters. The maximum absolute atomic E-state index is 12.6. The van der Waals surface area contributed by atoms with Crippen molar-refractivity contribution in [3.63, 3.8) is 0 Å². The van der Waals surface area contributed by atoms with E-state index in [9.17, 15) is 13.2 Å². The van der Waals surface area contributed by atoms with E-state index in [2.05, 4.69) is 20.2 Å². The first-order valence-electron chi connectivity index (χ1n) is 8.64. The summed E-state index contributed by atoms with van der Waals surface area (Å²) in [5.41, 5.74) is 1.54. The summed E-state index contributed by atoms with van der Waals surface area (Å²) in [6, 6.07) is 7.09. The van der Waals surface area contributed by atoms with Crippen LogP contribution in [0.3, 0.4) is 0 Å². The Bertz CT molecular complexity index is 924. The van der Waals surface area contributed by atoms with Crippen LogP contribution < -0.4 is 10.0 Å². The van der Waals surface area contributed by atoms with Crippen molar-refractivity contribution in [2.75, 3.05) is 5.32 Å². The molecule has 2 fully saturated rings. The number of fused-ring (bicyclic) bond motifs is 2. The van der Waals surface area contributed by atoms with Crippen LogP contribution in [0, 0.1) is 18.8 Å². The Morgan fingerprint density at radius 2 is 1.92 bits per heavy atom. The number of sulfonamides is 1. The number of nitrogens with zero attached hydrogens (tertiary/aromatic N) is 2. The number of benzene rings is 1. The van der Waals surface area contributed by atoms with E-state index in [-0.39, 0.29) is 21.4 Å². The van der Waals surface area contributed by atoms with Gasteiger partial charge in [0.2, 0.25) is 9.47 Å². The highest BCUT2D eigenvalue weighted by molar-refractivity contribution is 7.91. The molecule has 138 valence electrons. The quantitative estimate of drug-likeness (QED) is 0.762. The predicted octanol–water partition coefficient (Wildman–Crippen LogP) is 2.57. The van der Waals surface area contributed by atoms with Crippen LogP contribution in [0.4, 0.5) is 5.13 Å². The number of aryl methyl sites for hydroxylation is 1. The molecular weight excluding hydrogens is 372 g/mol. The normalized spacial score (nSPS) is 24.7. The summed E-state index contributed by atoms with van der Waals surface area (Å²) in [5, 5.41) is 10.3. The Labute approximate surface area is 156 Å². The lowest BCUT2D eigenvalue weighted by molar-refractivity contribution is 0.102. The summed E-state index contributed by atoms with van der Waals surface area (Å²) < 4.78 is 27.8. The largest absolute Gasteiger partial charge is 0.296 e. The highest BCUT2D eigenvalue weighted by Gasteiger charge is 2.41. The molecule has 0 radical (unpaired) electrons. The van der Waals surface area contributed by atoms with E-state index in [1.165, 1.54) is 6.42 Å². The molecule has 9 heteroatoms. The average molecular weight is 393 g/mol. The van der Waals surface area contributed by atoms with E-state index in [4.69, 9.17) is 0 Å². The Morgan fingerprint density at radius 3 is 2.58 bits per heavy atom. The molecule has 2 aliphatic carbocycles. The molecule has 2 aromatic rings. The van der Waals surface area contributed by atoms with Gasteiger partial charge in [-0.1, -0.05) is 35.5 Å². The van der Waals surface area contributed by atoms with E-state index < -0.39 is 10.0 Å². The molecule has 0 spiro atoms. The maximum atomic E-state index is 12.6. The van der Waals surface area contributed by atoms with Crippen LogP contribution in [0.5, 0.6) is 0 Å². The minimum absolute atomic E-state index is 0.00625. The summed E-state index contributed by atoms with van der Waals surface area (Å²) in [6.45, 7) is 1.94. The fourth-order valence-electron chi connectivity index (χ4n) is 3.88. The van der Waals surface area contributed by atoms with Gasteiger partial charge in [-0.15, -0.1) is 10.2 Å². The third-order valence-corrected chi connectivity index (χ3v) is 7.91. The molecule has 1 aromatic carbocycles. The number of anilines is 1. The van der Waals surface area contributed by atoms with Crippen LogP contribution >= 0.6 is 11.3 Å². The number of carbonyl (C=O) groups is 1. The predicted molar refractivity (Wildman–Crippen MR) is 98.6 cm³/mol. The molecule has 0 saturated heterocycles. The van der Waals surface area contributed by atoms with Gasteiger partial charge in [0.25, 0.3) is 15.9 Å². The molecule has 4 rings (SSSR count). The molecule has 2 aliphatic rings. The van der Waals surface area contributed by atoms with Crippen molar-refractivity contribution in [3.05, 3.63) is 35.4 Å². The second-order valence-electron chi connectivity index (χ2n) is 7.10. The van der Waals surface area contributed by atoms with Gasteiger partial charge < -0.3 is 0 Å². The lowest BCUT2D eigenvalue weighted by Gasteiger charge is -2.21. The molecule has 2 bridgehead atoms. The van der Waals surface area contributed by atoms with Crippen LogP contribution in [0.15, 0.2) is 28.6 Å². The second kappa shape index (κ2) is 6.71. The highest BCUT2D eigenvalue weighted by Crippen LogP contribution is 2.44. The van der Waals surface area contributed by atoms with Gasteiger partial charge in [0.1, 0.15) is 0 Å². The third-order valence-electron chi connectivity index (χ3n) is 5.22. The molecule has 1 heterocycles. The summed E-state index contributed by atoms with van der Waals surface area (Å²) in [4.78, 5) is 12.2. The molecule has 7 nitrogen and oxygen atoms in total. The van der Waals surface area contributed by atoms with Crippen molar-refractivity contribution in [3.8, 4) is 0 Å². The van der Waals surface area contributed by atoms with Crippen LogP contribution in [0.1, 0.15) is 41.6 Å². The SMILES string of the molecule is Cc1ccc(C(=O)Nc2nnc(S(=O)(=O)N[C@H]3C[C@H]4CC[C@H]3C4)s2)cc1. The minimum atomic E-state index is -3.71. The monoisotopic (exact) mass is 392 g/mol. The summed E-state index contributed by atoms with van der Waals surface area (Å²) in [6.07, 6.45) is 4.31. The van der Waals surface area contributed by atoms with Crippen molar-refractivity contribution >= 4 is 32.4 Å². The topological polar surface area (TPSA) is 101 Å². The molecule has 3 atom stereocenters. The van der Waals surface area contributed by atoms with Crippen molar-refractivity contribution in [1.82, 2.24) is 14.9 Å². The first kappa shape index (κ1) is 17.6. The minimum Gasteiger partial charge on any atom is -0.296 e. The Kier molecular flexibility index (Phi) is 4.54. The number of carbonyl (C=O) groups excluding carboxylic acids is 1. The number of amides is 1. The van der Waals surface area contributed by atoms with Gasteiger partial charge in [-0.2, -0.15) is 0 Å². The van der Waals surface area contributed by atoms with Crippen LogP contribution in [0.25, 0.3) is 0 Å². The first-order chi connectivity index (χ1) is 12.4. The fourth-order valence-corrected chi connectivity index (χ4v) is 6.11. The molecular formula is C17H20N4O3S2. The number of rotatable bonds is 5. The third kappa shape index (κ3) is 3.51. The number of nitrogens with one attached hydrogen (secondary N) is 2. The fraction of sp³-hybridized carbons (Fsp3) is 0.471. The Morgan fingerprint density at radius 1 is 1.15 bits per heavy atom. The van der Waals surface area contributed by atoms with Gasteiger partial charge in [0.15, 0.2) is 0 Å². The van der Waals surface area contributed by atoms with Crippen molar-refractivity contribution < 1.29 is 13.2 Å². The highest BCUT2D eigenvalue weighted by atomic mass is 32.2. The first-order valence-corrected chi connectivity index (χ1v) is 10.9. The molecule has 1 amide bonds. The Balaban J connectivity index is 1.43. The smallest absolute Gasteiger partial charge is 0.270 e. The van der Waals surface area contributed by atoms with Crippen LogP contribution in [-0.4, -0.2) is 30.6 Å². The van der Waals surface area contributed by atoms with E-state index in [1.54, 1.807) is 12.1 Å². The van der Waals surface area contributed by atoms with Gasteiger partial charge >= 0.3 is 0 Å². The zero-order valence-corrected chi connectivity index (χ0v) is 15.9.